The Bertz CT molecular complexity index is 589. The molecule has 1 saturated carbocycles. The average molecular weight is 360 g/mol. The molecule has 0 radical (unpaired) electrons. The maximum absolute atomic E-state index is 11.7. The van der Waals surface area contributed by atoms with Gasteiger partial charge in [-0.1, -0.05) is 19.1 Å². The Balaban J connectivity index is 1.78. The molecule has 144 valence electrons. The van der Waals surface area contributed by atoms with E-state index < -0.39 is 0 Å². The molecule has 0 spiro atoms. The standard InChI is InChI=1S/C20H33N5O/c1-14(2)23-20(26)25-18-11-7-16(8-12-18)13-22-19(21-4)24-17-9-5-15(3)6-10-17/h7-8,11-12,14-15,17H,5-6,9-10,13H2,1-4H3,(H2,21,22,24)(H2,23,25,26). The lowest BCUT2D eigenvalue weighted by atomic mass is 9.87. The van der Waals surface area contributed by atoms with Crippen LogP contribution in [-0.4, -0.2) is 31.1 Å². The molecule has 0 saturated heterocycles. The van der Waals surface area contributed by atoms with Gasteiger partial charge in [0.15, 0.2) is 5.96 Å². The van der Waals surface area contributed by atoms with Gasteiger partial charge in [0.2, 0.25) is 0 Å². The summed E-state index contributed by atoms with van der Waals surface area (Å²) in [6, 6.07) is 8.29. The Morgan fingerprint density at radius 3 is 2.38 bits per heavy atom. The molecule has 6 heteroatoms. The number of anilines is 1. The van der Waals surface area contributed by atoms with Crippen LogP contribution < -0.4 is 21.3 Å². The van der Waals surface area contributed by atoms with Crippen molar-refractivity contribution in [2.24, 2.45) is 10.9 Å². The normalized spacial score (nSPS) is 20.6. The van der Waals surface area contributed by atoms with Crippen LogP contribution in [0, 0.1) is 5.92 Å². The average Bonchev–Trinajstić information content (AvgIpc) is 2.60. The molecule has 0 unspecified atom stereocenters. The molecule has 1 fully saturated rings. The lowest BCUT2D eigenvalue weighted by Crippen LogP contribution is -2.44. The summed E-state index contributed by atoms with van der Waals surface area (Å²) in [5, 5.41) is 12.5. The predicted molar refractivity (Wildman–Crippen MR) is 108 cm³/mol. The van der Waals surface area contributed by atoms with Crippen molar-refractivity contribution in [1.82, 2.24) is 16.0 Å². The molecule has 0 heterocycles. The Hall–Kier alpha value is -2.24. The lowest BCUT2D eigenvalue weighted by Gasteiger charge is -2.28. The highest BCUT2D eigenvalue weighted by molar-refractivity contribution is 5.89. The molecule has 6 nitrogen and oxygen atoms in total. The van der Waals surface area contributed by atoms with Crippen molar-refractivity contribution in [3.05, 3.63) is 29.8 Å². The van der Waals surface area contributed by atoms with E-state index in [9.17, 15) is 4.79 Å². The topological polar surface area (TPSA) is 77.5 Å². The van der Waals surface area contributed by atoms with E-state index in [0.717, 1.165) is 23.1 Å². The van der Waals surface area contributed by atoms with E-state index in [4.69, 9.17) is 0 Å². The monoisotopic (exact) mass is 359 g/mol. The summed E-state index contributed by atoms with van der Waals surface area (Å²) in [5.41, 5.74) is 1.92. The van der Waals surface area contributed by atoms with Gasteiger partial charge in [-0.3, -0.25) is 4.99 Å². The van der Waals surface area contributed by atoms with E-state index in [1.54, 1.807) is 7.05 Å². The molecule has 1 aromatic rings. The number of hydrogen-bond donors (Lipinski definition) is 4. The van der Waals surface area contributed by atoms with Crippen LogP contribution in [-0.2, 0) is 6.54 Å². The van der Waals surface area contributed by atoms with Crippen LogP contribution in [0.5, 0.6) is 0 Å². The molecule has 0 aromatic heterocycles. The quantitative estimate of drug-likeness (QED) is 0.480. The Morgan fingerprint density at radius 1 is 1.15 bits per heavy atom. The van der Waals surface area contributed by atoms with Crippen molar-refractivity contribution in [1.29, 1.82) is 0 Å². The number of hydrogen-bond acceptors (Lipinski definition) is 2. The Kier molecular flexibility index (Phi) is 7.75. The number of nitrogens with zero attached hydrogens (tertiary/aromatic N) is 1. The Morgan fingerprint density at radius 2 is 1.81 bits per heavy atom. The number of benzene rings is 1. The highest BCUT2D eigenvalue weighted by Crippen LogP contribution is 2.23. The zero-order valence-corrected chi connectivity index (χ0v) is 16.4. The number of rotatable bonds is 5. The van der Waals surface area contributed by atoms with Crippen LogP contribution in [0.3, 0.4) is 0 Å². The van der Waals surface area contributed by atoms with Crippen molar-refractivity contribution in [3.63, 3.8) is 0 Å². The lowest BCUT2D eigenvalue weighted by molar-refractivity contribution is 0.250. The van der Waals surface area contributed by atoms with Gasteiger partial charge in [-0.05, 0) is 63.1 Å². The number of nitrogens with one attached hydrogen (secondary N) is 4. The maximum Gasteiger partial charge on any atom is 0.319 e. The van der Waals surface area contributed by atoms with E-state index in [1.807, 2.05) is 38.1 Å². The smallest absolute Gasteiger partial charge is 0.319 e. The number of carbonyl (C=O) groups excluding carboxylic acids is 1. The van der Waals surface area contributed by atoms with Gasteiger partial charge in [-0.2, -0.15) is 0 Å². The van der Waals surface area contributed by atoms with Gasteiger partial charge in [-0.15, -0.1) is 0 Å². The molecule has 26 heavy (non-hydrogen) atoms. The van der Waals surface area contributed by atoms with Crippen LogP contribution in [0.15, 0.2) is 29.3 Å². The van der Waals surface area contributed by atoms with Gasteiger partial charge in [0, 0.05) is 31.4 Å². The fourth-order valence-electron chi connectivity index (χ4n) is 3.11. The van der Waals surface area contributed by atoms with E-state index >= 15 is 0 Å². The second kappa shape index (κ2) is 10.0. The molecule has 0 atom stereocenters. The number of carbonyl (C=O) groups is 1. The number of guanidine groups is 1. The molecular weight excluding hydrogens is 326 g/mol. The minimum atomic E-state index is -0.183. The molecule has 1 aliphatic carbocycles. The predicted octanol–water partition coefficient (Wildman–Crippen LogP) is 3.46. The summed E-state index contributed by atoms with van der Waals surface area (Å²) >= 11 is 0. The number of aliphatic imine (C=N–C) groups is 1. The van der Waals surface area contributed by atoms with Crippen molar-refractivity contribution in [2.45, 2.75) is 65.1 Å². The van der Waals surface area contributed by atoms with Crippen LogP contribution >= 0.6 is 0 Å². The maximum atomic E-state index is 11.7. The first-order valence-electron chi connectivity index (χ1n) is 9.60. The first-order chi connectivity index (χ1) is 12.5. The van der Waals surface area contributed by atoms with Crippen LogP contribution in [0.25, 0.3) is 0 Å². The fourth-order valence-corrected chi connectivity index (χ4v) is 3.11. The first kappa shape index (κ1) is 20.1. The first-order valence-corrected chi connectivity index (χ1v) is 9.60. The van der Waals surface area contributed by atoms with Crippen LogP contribution in [0.4, 0.5) is 10.5 Å². The molecule has 0 aliphatic heterocycles. The number of urea groups is 1. The second-order valence-electron chi connectivity index (χ2n) is 7.48. The van der Waals surface area contributed by atoms with Gasteiger partial charge in [0.1, 0.15) is 0 Å². The molecular formula is C20H33N5O. The second-order valence-corrected chi connectivity index (χ2v) is 7.48. The van der Waals surface area contributed by atoms with Crippen molar-refractivity contribution >= 4 is 17.7 Å². The van der Waals surface area contributed by atoms with Crippen LogP contribution in [0.1, 0.15) is 52.0 Å². The highest BCUT2D eigenvalue weighted by Gasteiger charge is 2.18. The summed E-state index contributed by atoms with van der Waals surface area (Å²) in [7, 11) is 1.81. The summed E-state index contributed by atoms with van der Waals surface area (Å²) in [5.74, 6) is 1.70. The van der Waals surface area contributed by atoms with Gasteiger partial charge >= 0.3 is 6.03 Å². The van der Waals surface area contributed by atoms with E-state index in [0.29, 0.717) is 12.6 Å². The third kappa shape index (κ3) is 6.94. The SMILES string of the molecule is CN=C(NCc1ccc(NC(=O)NC(C)C)cc1)NC1CCC(C)CC1. The molecule has 0 bridgehead atoms. The summed E-state index contributed by atoms with van der Waals surface area (Å²) < 4.78 is 0. The molecule has 2 rings (SSSR count). The Labute approximate surface area is 157 Å². The van der Waals surface area contributed by atoms with Gasteiger partial charge in [-0.25, -0.2) is 4.79 Å². The van der Waals surface area contributed by atoms with Gasteiger partial charge < -0.3 is 21.3 Å². The third-order valence-electron chi connectivity index (χ3n) is 4.67. The van der Waals surface area contributed by atoms with E-state index in [-0.39, 0.29) is 12.1 Å². The third-order valence-corrected chi connectivity index (χ3v) is 4.67. The van der Waals surface area contributed by atoms with Crippen LogP contribution in [0.2, 0.25) is 0 Å². The minimum absolute atomic E-state index is 0.116. The minimum Gasteiger partial charge on any atom is -0.354 e. The van der Waals surface area contributed by atoms with Gasteiger partial charge in [0.05, 0.1) is 0 Å². The van der Waals surface area contributed by atoms with Crippen molar-refractivity contribution in [3.8, 4) is 0 Å². The van der Waals surface area contributed by atoms with Crippen molar-refractivity contribution < 1.29 is 4.79 Å². The molecule has 1 aromatic carbocycles. The highest BCUT2D eigenvalue weighted by atomic mass is 16.2. The van der Waals surface area contributed by atoms with E-state index in [2.05, 4.69) is 33.2 Å². The zero-order chi connectivity index (χ0) is 18.9. The number of amides is 2. The molecule has 4 N–H and O–H groups in total. The summed E-state index contributed by atoms with van der Waals surface area (Å²) in [4.78, 5) is 16.0. The zero-order valence-electron chi connectivity index (χ0n) is 16.4. The summed E-state index contributed by atoms with van der Waals surface area (Å²) in [6.07, 6.45) is 4.99. The van der Waals surface area contributed by atoms with Gasteiger partial charge in [0.25, 0.3) is 0 Å². The fraction of sp³-hybridized carbons (Fsp3) is 0.600. The summed E-state index contributed by atoms with van der Waals surface area (Å²) in [6.45, 7) is 6.89. The molecule has 2 amide bonds. The van der Waals surface area contributed by atoms with Crippen molar-refractivity contribution in [2.75, 3.05) is 12.4 Å². The largest absolute Gasteiger partial charge is 0.354 e. The van der Waals surface area contributed by atoms with E-state index in [1.165, 1.54) is 25.7 Å². The molecule has 1 aliphatic rings.